The molecule has 1 unspecified atom stereocenters. The van der Waals surface area contributed by atoms with Crippen molar-refractivity contribution in [1.29, 1.82) is 0 Å². The zero-order valence-electron chi connectivity index (χ0n) is 15.4. The number of rotatable bonds is 6. The number of ether oxygens (including phenoxy) is 1. The fourth-order valence-electron chi connectivity index (χ4n) is 3.52. The topological polar surface area (TPSA) is 31.2 Å². The Kier molecular flexibility index (Phi) is 5.05. The SMILES string of the molecule is CCOC(CC)n1c(C)c(C(=O)c2ccccc2)c2cc(C)ccc21. The van der Waals surface area contributed by atoms with Crippen molar-refractivity contribution in [3.63, 3.8) is 0 Å². The van der Waals surface area contributed by atoms with Crippen molar-refractivity contribution in [1.82, 2.24) is 4.57 Å². The van der Waals surface area contributed by atoms with Gasteiger partial charge in [0.2, 0.25) is 0 Å². The molecule has 130 valence electrons. The maximum Gasteiger partial charge on any atom is 0.195 e. The van der Waals surface area contributed by atoms with E-state index in [-0.39, 0.29) is 12.0 Å². The van der Waals surface area contributed by atoms with Crippen LogP contribution in [-0.4, -0.2) is 17.0 Å². The Bertz CT molecular complexity index is 893. The van der Waals surface area contributed by atoms with Gasteiger partial charge < -0.3 is 9.30 Å². The van der Waals surface area contributed by atoms with Crippen molar-refractivity contribution in [3.8, 4) is 0 Å². The van der Waals surface area contributed by atoms with Gasteiger partial charge in [-0.15, -0.1) is 0 Å². The van der Waals surface area contributed by atoms with Crippen LogP contribution in [0.2, 0.25) is 0 Å². The number of ketones is 1. The zero-order chi connectivity index (χ0) is 18.0. The largest absolute Gasteiger partial charge is 0.358 e. The lowest BCUT2D eigenvalue weighted by Gasteiger charge is -2.20. The Labute approximate surface area is 149 Å². The van der Waals surface area contributed by atoms with Gasteiger partial charge in [0.1, 0.15) is 6.23 Å². The molecule has 0 saturated carbocycles. The highest BCUT2D eigenvalue weighted by Gasteiger charge is 2.24. The molecule has 25 heavy (non-hydrogen) atoms. The first-order valence-corrected chi connectivity index (χ1v) is 8.91. The summed E-state index contributed by atoms with van der Waals surface area (Å²) < 4.78 is 8.12. The van der Waals surface area contributed by atoms with Gasteiger partial charge in [-0.05, 0) is 39.3 Å². The highest BCUT2D eigenvalue weighted by atomic mass is 16.5. The van der Waals surface area contributed by atoms with Crippen LogP contribution in [-0.2, 0) is 4.74 Å². The number of aryl methyl sites for hydroxylation is 1. The third-order valence-corrected chi connectivity index (χ3v) is 4.66. The molecule has 1 atom stereocenters. The van der Waals surface area contributed by atoms with Crippen molar-refractivity contribution in [2.45, 2.75) is 40.3 Å². The number of carbonyl (C=O) groups is 1. The molecule has 1 heterocycles. The summed E-state index contributed by atoms with van der Waals surface area (Å²) in [5, 5.41) is 1.00. The van der Waals surface area contributed by atoms with Gasteiger partial charge in [-0.25, -0.2) is 0 Å². The van der Waals surface area contributed by atoms with Gasteiger partial charge in [-0.2, -0.15) is 0 Å². The monoisotopic (exact) mass is 335 g/mol. The third kappa shape index (κ3) is 3.12. The maximum absolute atomic E-state index is 13.2. The van der Waals surface area contributed by atoms with Crippen molar-refractivity contribution in [2.24, 2.45) is 0 Å². The summed E-state index contributed by atoms with van der Waals surface area (Å²) in [7, 11) is 0. The number of aromatic nitrogens is 1. The van der Waals surface area contributed by atoms with Gasteiger partial charge in [0, 0.05) is 23.3 Å². The average Bonchev–Trinajstić information content (AvgIpc) is 2.91. The smallest absolute Gasteiger partial charge is 0.195 e. The fourth-order valence-corrected chi connectivity index (χ4v) is 3.52. The molecule has 0 radical (unpaired) electrons. The minimum absolute atomic E-state index is 0.0625. The number of fused-ring (bicyclic) bond motifs is 1. The Morgan fingerprint density at radius 2 is 1.80 bits per heavy atom. The molecular weight excluding hydrogens is 310 g/mol. The van der Waals surface area contributed by atoms with Crippen molar-refractivity contribution in [2.75, 3.05) is 6.61 Å². The van der Waals surface area contributed by atoms with Crippen LogP contribution in [0.4, 0.5) is 0 Å². The summed E-state index contributed by atoms with van der Waals surface area (Å²) in [6.45, 7) is 8.84. The molecule has 1 aromatic heterocycles. The summed E-state index contributed by atoms with van der Waals surface area (Å²) in [6, 6.07) is 15.8. The van der Waals surface area contributed by atoms with Crippen molar-refractivity contribution in [3.05, 3.63) is 70.9 Å². The lowest BCUT2D eigenvalue weighted by Crippen LogP contribution is -2.14. The van der Waals surface area contributed by atoms with E-state index in [0.717, 1.165) is 39.7 Å². The van der Waals surface area contributed by atoms with Crippen LogP contribution in [0.5, 0.6) is 0 Å². The summed E-state index contributed by atoms with van der Waals surface area (Å²) in [4.78, 5) is 13.2. The molecule has 0 saturated heterocycles. The van der Waals surface area contributed by atoms with Gasteiger partial charge >= 0.3 is 0 Å². The van der Waals surface area contributed by atoms with E-state index in [4.69, 9.17) is 4.74 Å². The lowest BCUT2D eigenvalue weighted by atomic mass is 10.00. The molecule has 0 bridgehead atoms. The highest BCUT2D eigenvalue weighted by molar-refractivity contribution is 6.17. The molecule has 3 aromatic rings. The van der Waals surface area contributed by atoms with E-state index in [1.165, 1.54) is 0 Å². The minimum atomic E-state index is -0.0625. The molecule has 3 nitrogen and oxygen atoms in total. The predicted octanol–water partition coefficient (Wildman–Crippen LogP) is 5.43. The summed E-state index contributed by atoms with van der Waals surface area (Å²) in [5.74, 6) is 0.0683. The van der Waals surface area contributed by atoms with Crippen molar-refractivity contribution >= 4 is 16.7 Å². The Morgan fingerprint density at radius 1 is 1.08 bits per heavy atom. The van der Waals surface area contributed by atoms with E-state index >= 15 is 0 Å². The number of benzene rings is 2. The van der Waals surface area contributed by atoms with Gasteiger partial charge in [0.25, 0.3) is 0 Å². The molecule has 2 aromatic carbocycles. The molecular formula is C22H25NO2. The minimum Gasteiger partial charge on any atom is -0.358 e. The van der Waals surface area contributed by atoms with Crippen LogP contribution in [0.15, 0.2) is 48.5 Å². The second-order valence-electron chi connectivity index (χ2n) is 6.36. The predicted molar refractivity (Wildman–Crippen MR) is 102 cm³/mol. The average molecular weight is 335 g/mol. The number of hydrogen-bond acceptors (Lipinski definition) is 2. The number of nitrogens with zero attached hydrogens (tertiary/aromatic N) is 1. The molecule has 0 spiro atoms. The maximum atomic E-state index is 13.2. The van der Waals surface area contributed by atoms with Gasteiger partial charge in [0.05, 0.1) is 11.1 Å². The van der Waals surface area contributed by atoms with Gasteiger partial charge in [0.15, 0.2) is 5.78 Å². The Morgan fingerprint density at radius 3 is 2.44 bits per heavy atom. The summed E-state index contributed by atoms with van der Waals surface area (Å²) in [5.41, 5.74) is 4.67. The third-order valence-electron chi connectivity index (χ3n) is 4.66. The quantitative estimate of drug-likeness (QED) is 0.562. The molecule has 3 rings (SSSR count). The summed E-state index contributed by atoms with van der Waals surface area (Å²) in [6.07, 6.45) is 0.790. The molecule has 3 heteroatoms. The summed E-state index contributed by atoms with van der Waals surface area (Å²) >= 11 is 0. The van der Waals surface area contributed by atoms with Crippen LogP contribution >= 0.6 is 0 Å². The van der Waals surface area contributed by atoms with E-state index in [1.54, 1.807) is 0 Å². The molecule has 0 aliphatic heterocycles. The molecule has 0 amide bonds. The first-order chi connectivity index (χ1) is 12.1. The first kappa shape index (κ1) is 17.4. The van der Waals surface area contributed by atoms with Crippen LogP contribution in [0.25, 0.3) is 10.9 Å². The standard InChI is InChI=1S/C22H25NO2/c1-5-20(25-6-2)23-16(4)21(18-14-15(3)12-13-19(18)23)22(24)17-10-8-7-9-11-17/h7-14,20H,5-6H2,1-4H3. The van der Waals surface area contributed by atoms with E-state index in [0.29, 0.717) is 6.61 Å². The van der Waals surface area contributed by atoms with Gasteiger partial charge in [-0.1, -0.05) is 48.9 Å². The Balaban J connectivity index is 2.26. The van der Waals surface area contributed by atoms with Crippen molar-refractivity contribution < 1.29 is 9.53 Å². The normalized spacial score (nSPS) is 12.5. The molecule has 0 fully saturated rings. The Hall–Kier alpha value is -2.39. The second kappa shape index (κ2) is 7.24. The molecule has 0 aliphatic rings. The van der Waals surface area contributed by atoms with Gasteiger partial charge in [-0.3, -0.25) is 4.79 Å². The second-order valence-corrected chi connectivity index (χ2v) is 6.36. The lowest BCUT2D eigenvalue weighted by molar-refractivity contribution is 0.00959. The number of hydrogen-bond donors (Lipinski definition) is 0. The van der Waals surface area contributed by atoms with Crippen LogP contribution in [0, 0.1) is 13.8 Å². The van der Waals surface area contributed by atoms with E-state index in [2.05, 4.69) is 36.6 Å². The number of carbonyl (C=O) groups excluding carboxylic acids is 1. The molecule has 0 N–H and O–H groups in total. The van der Waals surface area contributed by atoms with E-state index in [9.17, 15) is 4.79 Å². The van der Waals surface area contributed by atoms with Crippen LogP contribution < -0.4 is 0 Å². The fraction of sp³-hybridized carbons (Fsp3) is 0.318. The van der Waals surface area contributed by atoms with Crippen LogP contribution in [0.1, 0.15) is 53.7 Å². The van der Waals surface area contributed by atoms with E-state index < -0.39 is 0 Å². The van der Waals surface area contributed by atoms with Crippen LogP contribution in [0.3, 0.4) is 0 Å². The zero-order valence-corrected chi connectivity index (χ0v) is 15.4. The molecule has 0 aliphatic carbocycles. The highest BCUT2D eigenvalue weighted by Crippen LogP contribution is 2.33. The van der Waals surface area contributed by atoms with E-state index in [1.807, 2.05) is 44.2 Å². The first-order valence-electron chi connectivity index (χ1n) is 8.91.